The molecule has 1 aliphatic rings. The smallest absolute Gasteiger partial charge is 0.203 e. The van der Waals surface area contributed by atoms with Gasteiger partial charge in [-0.1, -0.05) is 24.3 Å². The van der Waals surface area contributed by atoms with Gasteiger partial charge in [-0.05, 0) is 35.9 Å². The molecule has 0 radical (unpaired) electrons. The highest BCUT2D eigenvalue weighted by Crippen LogP contribution is 2.30. The second-order valence-electron chi connectivity index (χ2n) is 5.19. The number of nitrogens with zero attached hydrogens (tertiary/aromatic N) is 1. The van der Waals surface area contributed by atoms with E-state index in [0.29, 0.717) is 12.0 Å². The maximum absolute atomic E-state index is 12.6. The Balaban J connectivity index is 1.65. The number of ketones is 1. The molecular formula is C18H13NO2. The van der Waals surface area contributed by atoms with Crippen LogP contribution in [0.4, 0.5) is 0 Å². The monoisotopic (exact) mass is 275 g/mol. The Morgan fingerprint density at radius 1 is 1.10 bits per heavy atom. The fourth-order valence-corrected chi connectivity index (χ4v) is 2.74. The molecule has 3 heteroatoms. The third kappa shape index (κ3) is 2.07. The SMILES string of the molecule is O=C(c1ccc2ncccc2c1)C1Cc2ccccc2O1. The second-order valence-corrected chi connectivity index (χ2v) is 5.19. The third-order valence-corrected chi connectivity index (χ3v) is 3.83. The third-order valence-electron chi connectivity index (χ3n) is 3.83. The van der Waals surface area contributed by atoms with Gasteiger partial charge in [0.15, 0.2) is 6.10 Å². The van der Waals surface area contributed by atoms with E-state index in [-0.39, 0.29) is 5.78 Å². The lowest BCUT2D eigenvalue weighted by molar-refractivity contribution is 0.0825. The van der Waals surface area contributed by atoms with Crippen molar-refractivity contribution in [2.45, 2.75) is 12.5 Å². The summed E-state index contributed by atoms with van der Waals surface area (Å²) in [6.07, 6.45) is 1.97. The van der Waals surface area contributed by atoms with Gasteiger partial charge < -0.3 is 4.74 Å². The molecule has 0 fully saturated rings. The summed E-state index contributed by atoms with van der Waals surface area (Å²) in [5, 5.41) is 0.971. The van der Waals surface area contributed by atoms with Crippen molar-refractivity contribution in [3.05, 3.63) is 71.9 Å². The lowest BCUT2D eigenvalue weighted by Gasteiger charge is -2.10. The highest BCUT2D eigenvalue weighted by atomic mass is 16.5. The fourth-order valence-electron chi connectivity index (χ4n) is 2.74. The quantitative estimate of drug-likeness (QED) is 0.673. The number of carbonyl (C=O) groups is 1. The molecule has 0 saturated carbocycles. The molecule has 2 heterocycles. The second kappa shape index (κ2) is 4.70. The van der Waals surface area contributed by atoms with Gasteiger partial charge in [-0.15, -0.1) is 0 Å². The van der Waals surface area contributed by atoms with Crippen molar-refractivity contribution in [3.63, 3.8) is 0 Å². The van der Waals surface area contributed by atoms with E-state index >= 15 is 0 Å². The Bertz CT molecular complexity index is 816. The number of hydrogen-bond donors (Lipinski definition) is 0. The molecule has 4 rings (SSSR count). The molecule has 1 aliphatic heterocycles. The summed E-state index contributed by atoms with van der Waals surface area (Å²) < 4.78 is 5.77. The van der Waals surface area contributed by atoms with E-state index in [4.69, 9.17) is 4.74 Å². The van der Waals surface area contributed by atoms with Crippen LogP contribution in [0.5, 0.6) is 5.75 Å². The van der Waals surface area contributed by atoms with Crippen molar-refractivity contribution in [1.82, 2.24) is 4.98 Å². The van der Waals surface area contributed by atoms with Crippen LogP contribution in [0.15, 0.2) is 60.8 Å². The van der Waals surface area contributed by atoms with Gasteiger partial charge in [0, 0.05) is 23.6 Å². The highest BCUT2D eigenvalue weighted by molar-refractivity contribution is 6.02. The van der Waals surface area contributed by atoms with Crippen LogP contribution in [0.3, 0.4) is 0 Å². The van der Waals surface area contributed by atoms with Gasteiger partial charge in [-0.2, -0.15) is 0 Å². The van der Waals surface area contributed by atoms with E-state index < -0.39 is 6.10 Å². The molecule has 102 valence electrons. The first kappa shape index (κ1) is 12.1. The zero-order chi connectivity index (χ0) is 14.2. The predicted octanol–water partition coefficient (Wildman–Crippen LogP) is 3.42. The fraction of sp³-hybridized carbons (Fsp3) is 0.111. The molecule has 1 aromatic heterocycles. The van der Waals surface area contributed by atoms with Crippen molar-refractivity contribution < 1.29 is 9.53 Å². The molecule has 2 aromatic carbocycles. The van der Waals surface area contributed by atoms with Crippen molar-refractivity contribution >= 4 is 16.7 Å². The minimum absolute atomic E-state index is 0.0250. The average Bonchev–Trinajstić information content (AvgIpc) is 2.97. The Morgan fingerprint density at radius 3 is 2.90 bits per heavy atom. The molecule has 3 nitrogen and oxygen atoms in total. The minimum atomic E-state index is -0.420. The molecular weight excluding hydrogens is 262 g/mol. The first-order valence-corrected chi connectivity index (χ1v) is 6.95. The van der Waals surface area contributed by atoms with Crippen LogP contribution >= 0.6 is 0 Å². The van der Waals surface area contributed by atoms with Crippen LogP contribution in [0, 0.1) is 0 Å². The summed E-state index contributed by atoms with van der Waals surface area (Å²) in [6.45, 7) is 0. The van der Waals surface area contributed by atoms with Gasteiger partial charge in [0.1, 0.15) is 5.75 Å². The number of ether oxygens (including phenoxy) is 1. The number of rotatable bonds is 2. The molecule has 3 aromatic rings. The van der Waals surface area contributed by atoms with Crippen LogP contribution in [0.1, 0.15) is 15.9 Å². The Hall–Kier alpha value is -2.68. The number of Topliss-reactive ketones (excluding diaryl/α,β-unsaturated/α-hetero) is 1. The largest absolute Gasteiger partial charge is 0.482 e. The van der Waals surface area contributed by atoms with Gasteiger partial charge in [0.25, 0.3) is 0 Å². The van der Waals surface area contributed by atoms with Crippen LogP contribution in [0.2, 0.25) is 0 Å². The molecule has 0 amide bonds. The number of pyridine rings is 1. The summed E-state index contributed by atoms with van der Waals surface area (Å²) in [6, 6.07) is 17.2. The van der Waals surface area contributed by atoms with Gasteiger partial charge in [0.2, 0.25) is 5.78 Å². The van der Waals surface area contributed by atoms with Crippen molar-refractivity contribution in [3.8, 4) is 5.75 Å². The summed E-state index contributed by atoms with van der Waals surface area (Å²) in [4.78, 5) is 16.9. The summed E-state index contributed by atoms with van der Waals surface area (Å²) in [7, 11) is 0. The minimum Gasteiger partial charge on any atom is -0.482 e. The number of benzene rings is 2. The van der Waals surface area contributed by atoms with E-state index in [1.807, 2.05) is 54.6 Å². The maximum Gasteiger partial charge on any atom is 0.203 e. The van der Waals surface area contributed by atoms with Gasteiger partial charge in [-0.3, -0.25) is 9.78 Å². The van der Waals surface area contributed by atoms with Crippen molar-refractivity contribution in [2.24, 2.45) is 0 Å². The predicted molar refractivity (Wildman–Crippen MR) is 80.6 cm³/mol. The molecule has 1 atom stereocenters. The lowest BCUT2D eigenvalue weighted by atomic mass is 10.0. The molecule has 21 heavy (non-hydrogen) atoms. The normalized spacial score (nSPS) is 16.5. The topological polar surface area (TPSA) is 39.2 Å². The molecule has 1 unspecified atom stereocenters. The Kier molecular flexibility index (Phi) is 2.71. The zero-order valence-corrected chi connectivity index (χ0v) is 11.3. The summed E-state index contributed by atoms with van der Waals surface area (Å²) in [5.41, 5.74) is 2.66. The molecule has 0 saturated heterocycles. The first-order chi connectivity index (χ1) is 10.3. The molecule has 0 aliphatic carbocycles. The Morgan fingerprint density at radius 2 is 2.00 bits per heavy atom. The standard InChI is InChI=1S/C18H13NO2/c20-18(17-11-13-4-1-2-6-16(13)21-17)14-7-8-15-12(10-14)5-3-9-19-15/h1-10,17H,11H2. The van der Waals surface area contributed by atoms with Gasteiger partial charge in [0.05, 0.1) is 5.52 Å². The first-order valence-electron chi connectivity index (χ1n) is 6.95. The molecule has 0 bridgehead atoms. The zero-order valence-electron chi connectivity index (χ0n) is 11.3. The van der Waals surface area contributed by atoms with Gasteiger partial charge in [-0.25, -0.2) is 0 Å². The van der Waals surface area contributed by atoms with Crippen LogP contribution in [0.25, 0.3) is 10.9 Å². The number of fused-ring (bicyclic) bond motifs is 2. The van der Waals surface area contributed by atoms with E-state index in [9.17, 15) is 4.79 Å². The highest BCUT2D eigenvalue weighted by Gasteiger charge is 2.29. The van der Waals surface area contributed by atoms with E-state index in [1.54, 1.807) is 6.20 Å². The maximum atomic E-state index is 12.6. The van der Waals surface area contributed by atoms with E-state index in [2.05, 4.69) is 4.98 Å². The van der Waals surface area contributed by atoms with E-state index in [1.165, 1.54) is 0 Å². The summed E-state index contributed by atoms with van der Waals surface area (Å²) in [5.74, 6) is 0.843. The summed E-state index contributed by atoms with van der Waals surface area (Å²) >= 11 is 0. The Labute approximate surface area is 122 Å². The lowest BCUT2D eigenvalue weighted by Crippen LogP contribution is -2.25. The van der Waals surface area contributed by atoms with E-state index in [0.717, 1.165) is 22.2 Å². The van der Waals surface area contributed by atoms with Gasteiger partial charge >= 0.3 is 0 Å². The number of aromatic nitrogens is 1. The molecule has 0 spiro atoms. The average molecular weight is 275 g/mol. The van der Waals surface area contributed by atoms with Crippen LogP contribution < -0.4 is 4.74 Å². The number of carbonyl (C=O) groups excluding carboxylic acids is 1. The van der Waals surface area contributed by atoms with Crippen LogP contribution in [-0.2, 0) is 6.42 Å². The van der Waals surface area contributed by atoms with Crippen molar-refractivity contribution in [1.29, 1.82) is 0 Å². The molecule has 0 N–H and O–H groups in total. The number of hydrogen-bond acceptors (Lipinski definition) is 3. The number of para-hydroxylation sites is 1. The van der Waals surface area contributed by atoms with Crippen LogP contribution in [-0.4, -0.2) is 16.9 Å². The van der Waals surface area contributed by atoms with Crippen molar-refractivity contribution in [2.75, 3.05) is 0 Å².